The molecule has 0 heterocycles. The zero-order chi connectivity index (χ0) is 13.4. The minimum absolute atomic E-state index is 0.142. The molecule has 0 fully saturated rings. The molecule has 98 valence electrons. The van der Waals surface area contributed by atoms with Crippen molar-refractivity contribution in [3.05, 3.63) is 39.9 Å². The zero-order valence-electron chi connectivity index (χ0n) is 9.78. The monoisotopic (exact) mass is 255 g/mol. The second-order valence-corrected chi connectivity index (χ2v) is 3.22. The highest BCUT2D eigenvalue weighted by molar-refractivity contribution is 5.75. The summed E-state index contributed by atoms with van der Waals surface area (Å²) >= 11 is 0. The van der Waals surface area contributed by atoms with Gasteiger partial charge in [0, 0.05) is 12.2 Å². The van der Waals surface area contributed by atoms with Crippen LogP contribution in [-0.4, -0.2) is 30.9 Å². The molecule has 0 saturated carbocycles. The number of aldehydes is 1. The van der Waals surface area contributed by atoms with E-state index in [0.29, 0.717) is 17.6 Å². The summed E-state index contributed by atoms with van der Waals surface area (Å²) in [4.78, 5) is 25.0. The van der Waals surface area contributed by atoms with Gasteiger partial charge in [0.25, 0.3) is 5.09 Å². The van der Waals surface area contributed by atoms with Crippen molar-refractivity contribution in [1.82, 2.24) is 0 Å². The van der Waals surface area contributed by atoms with Crippen LogP contribution in [0, 0.1) is 10.1 Å². The normalized spacial score (nSPS) is 11.6. The molecule has 0 aliphatic rings. The Kier molecular flexibility index (Phi) is 5.59. The first kappa shape index (κ1) is 13.9. The Balaban J connectivity index is 2.54. The van der Waals surface area contributed by atoms with E-state index in [2.05, 4.69) is 4.84 Å². The van der Waals surface area contributed by atoms with E-state index in [-0.39, 0.29) is 13.2 Å². The second kappa shape index (κ2) is 7.23. The minimum Gasteiger partial charge on any atom is -0.489 e. The third-order valence-corrected chi connectivity index (χ3v) is 1.94. The smallest absolute Gasteiger partial charge is 0.297 e. The van der Waals surface area contributed by atoms with Crippen LogP contribution in [0.4, 0.5) is 0 Å². The first-order chi connectivity index (χ1) is 8.65. The molecule has 0 aromatic heterocycles. The molecule has 0 amide bonds. The van der Waals surface area contributed by atoms with Crippen molar-refractivity contribution in [2.45, 2.75) is 13.2 Å². The van der Waals surface area contributed by atoms with Crippen LogP contribution in [0.25, 0.3) is 0 Å². The quantitative estimate of drug-likeness (QED) is 0.302. The molecule has 18 heavy (non-hydrogen) atoms. The highest BCUT2D eigenvalue weighted by Crippen LogP contribution is 2.12. The Hall–Kier alpha value is -2.15. The van der Waals surface area contributed by atoms with Gasteiger partial charge in [0.1, 0.15) is 18.6 Å². The molecule has 0 bridgehead atoms. The van der Waals surface area contributed by atoms with Gasteiger partial charge in [-0.2, -0.15) is 0 Å². The van der Waals surface area contributed by atoms with Gasteiger partial charge in [-0.15, -0.1) is 10.1 Å². The van der Waals surface area contributed by atoms with E-state index in [1.54, 1.807) is 25.1 Å². The number of carbonyl (C=O) groups excluding carboxylic acids is 1. The van der Waals surface area contributed by atoms with Gasteiger partial charge >= 0.3 is 0 Å². The maximum atomic E-state index is 10.6. The lowest BCUT2D eigenvalue weighted by Gasteiger charge is -2.15. The van der Waals surface area contributed by atoms with Gasteiger partial charge < -0.3 is 9.47 Å². The summed E-state index contributed by atoms with van der Waals surface area (Å²) in [6.07, 6.45) is -0.412. The number of ether oxygens (including phenoxy) is 2. The number of hydrogen-bond donors (Lipinski definition) is 0. The van der Waals surface area contributed by atoms with E-state index in [4.69, 9.17) is 9.47 Å². The molecule has 1 aromatic carbocycles. The molecule has 7 nitrogen and oxygen atoms in total. The Bertz CT molecular complexity index is 408. The standard InChI is InChI=1S/C11H13NO6/c1-2-16-11(18-12(14)15)8-17-10-5-3-4-9(6-10)7-13/h3-7,11H,2,8H2,1H3. The van der Waals surface area contributed by atoms with Gasteiger partial charge in [0.2, 0.25) is 6.29 Å². The van der Waals surface area contributed by atoms with Crippen molar-refractivity contribution >= 4 is 6.29 Å². The van der Waals surface area contributed by atoms with Crippen LogP contribution < -0.4 is 4.74 Å². The Morgan fingerprint density at radius 3 is 2.89 bits per heavy atom. The van der Waals surface area contributed by atoms with E-state index < -0.39 is 11.4 Å². The molecule has 1 atom stereocenters. The molecule has 0 aliphatic heterocycles. The molecule has 1 aromatic rings. The van der Waals surface area contributed by atoms with Crippen molar-refractivity contribution in [3.8, 4) is 5.75 Å². The first-order valence-corrected chi connectivity index (χ1v) is 5.26. The summed E-state index contributed by atoms with van der Waals surface area (Å²) < 4.78 is 10.2. The summed E-state index contributed by atoms with van der Waals surface area (Å²) in [5.41, 5.74) is 0.454. The highest BCUT2D eigenvalue weighted by atomic mass is 17.0. The largest absolute Gasteiger partial charge is 0.489 e. The molecule has 0 aliphatic carbocycles. The second-order valence-electron chi connectivity index (χ2n) is 3.22. The summed E-state index contributed by atoms with van der Waals surface area (Å²) in [5.74, 6) is 0.413. The van der Waals surface area contributed by atoms with Gasteiger partial charge in [-0.05, 0) is 19.1 Å². The topological polar surface area (TPSA) is 87.9 Å². The van der Waals surface area contributed by atoms with Crippen LogP contribution in [-0.2, 0) is 9.57 Å². The Morgan fingerprint density at radius 1 is 1.50 bits per heavy atom. The summed E-state index contributed by atoms with van der Waals surface area (Å²) in [6, 6.07) is 6.40. The van der Waals surface area contributed by atoms with Gasteiger partial charge in [-0.1, -0.05) is 12.1 Å². The van der Waals surface area contributed by atoms with Crippen LogP contribution in [0.15, 0.2) is 24.3 Å². The van der Waals surface area contributed by atoms with E-state index in [1.165, 1.54) is 6.07 Å². The van der Waals surface area contributed by atoms with E-state index in [9.17, 15) is 14.9 Å². The van der Waals surface area contributed by atoms with Gasteiger partial charge in [0.05, 0.1) is 0 Å². The van der Waals surface area contributed by atoms with E-state index in [0.717, 1.165) is 0 Å². The molecule has 0 saturated heterocycles. The SMILES string of the molecule is CCOC(COc1cccc(C=O)c1)O[N+](=O)[O-]. The van der Waals surface area contributed by atoms with Gasteiger partial charge in [-0.25, -0.2) is 0 Å². The molecule has 7 heteroatoms. The molecule has 1 rings (SSSR count). The minimum atomic E-state index is -1.09. The number of benzene rings is 1. The molecular weight excluding hydrogens is 242 g/mol. The van der Waals surface area contributed by atoms with Crippen LogP contribution in [0.1, 0.15) is 17.3 Å². The highest BCUT2D eigenvalue weighted by Gasteiger charge is 2.14. The van der Waals surface area contributed by atoms with Crippen LogP contribution in [0.5, 0.6) is 5.75 Å². The predicted octanol–water partition coefficient (Wildman–Crippen LogP) is 1.45. The summed E-state index contributed by atoms with van der Waals surface area (Å²) in [5, 5.41) is 9.26. The van der Waals surface area contributed by atoms with Crippen LogP contribution >= 0.6 is 0 Å². The van der Waals surface area contributed by atoms with Crippen molar-refractivity contribution in [2.24, 2.45) is 0 Å². The third-order valence-electron chi connectivity index (χ3n) is 1.94. The Labute approximate surface area is 103 Å². The predicted molar refractivity (Wildman–Crippen MR) is 60.8 cm³/mol. The number of carbonyl (C=O) groups is 1. The first-order valence-electron chi connectivity index (χ1n) is 5.26. The number of nitrogens with zero attached hydrogens (tertiary/aromatic N) is 1. The fourth-order valence-corrected chi connectivity index (χ4v) is 1.23. The molecule has 0 spiro atoms. The van der Waals surface area contributed by atoms with Crippen molar-refractivity contribution in [2.75, 3.05) is 13.2 Å². The summed E-state index contributed by atoms with van der Waals surface area (Å²) in [7, 11) is 0. The lowest BCUT2D eigenvalue weighted by molar-refractivity contribution is -0.780. The fraction of sp³-hybridized carbons (Fsp3) is 0.364. The average molecular weight is 255 g/mol. The lowest BCUT2D eigenvalue weighted by atomic mass is 10.2. The number of rotatable bonds is 8. The van der Waals surface area contributed by atoms with Gasteiger partial charge in [0.15, 0.2) is 0 Å². The zero-order valence-corrected chi connectivity index (χ0v) is 9.78. The Morgan fingerprint density at radius 2 is 2.28 bits per heavy atom. The van der Waals surface area contributed by atoms with Crippen molar-refractivity contribution in [3.63, 3.8) is 0 Å². The van der Waals surface area contributed by atoms with Gasteiger partial charge in [-0.3, -0.25) is 9.63 Å². The third kappa shape index (κ3) is 4.79. The fourth-order valence-electron chi connectivity index (χ4n) is 1.23. The molecular formula is C11H13NO6. The van der Waals surface area contributed by atoms with Crippen LogP contribution in [0.3, 0.4) is 0 Å². The maximum Gasteiger partial charge on any atom is 0.297 e. The van der Waals surface area contributed by atoms with E-state index in [1.807, 2.05) is 0 Å². The summed E-state index contributed by atoms with van der Waals surface area (Å²) in [6.45, 7) is 1.80. The maximum absolute atomic E-state index is 10.6. The average Bonchev–Trinajstić information content (AvgIpc) is 2.36. The van der Waals surface area contributed by atoms with Crippen molar-refractivity contribution < 1.29 is 24.2 Å². The lowest BCUT2D eigenvalue weighted by Crippen LogP contribution is -2.27. The molecule has 0 radical (unpaired) electrons. The number of hydrogen-bond acceptors (Lipinski definition) is 6. The van der Waals surface area contributed by atoms with Crippen LogP contribution in [0.2, 0.25) is 0 Å². The van der Waals surface area contributed by atoms with E-state index >= 15 is 0 Å². The van der Waals surface area contributed by atoms with Crippen molar-refractivity contribution in [1.29, 1.82) is 0 Å². The molecule has 1 unspecified atom stereocenters. The molecule has 0 N–H and O–H groups in total.